The van der Waals surface area contributed by atoms with Crippen molar-refractivity contribution in [3.8, 4) is 5.75 Å². The van der Waals surface area contributed by atoms with Crippen molar-refractivity contribution in [1.29, 1.82) is 0 Å². The molecule has 0 fully saturated rings. The van der Waals surface area contributed by atoms with Crippen LogP contribution in [0.4, 0.5) is 0 Å². The van der Waals surface area contributed by atoms with Crippen LogP contribution in [-0.4, -0.2) is 13.0 Å². The van der Waals surface area contributed by atoms with Crippen LogP contribution < -0.4 is 10.1 Å². The third-order valence-electron chi connectivity index (χ3n) is 2.61. The Morgan fingerprint density at radius 3 is 2.58 bits per heavy atom. The summed E-state index contributed by atoms with van der Waals surface area (Å²) >= 11 is 7.25. The van der Waals surface area contributed by atoms with Crippen molar-refractivity contribution in [1.82, 2.24) is 5.32 Å². The molecule has 0 aliphatic heterocycles. The predicted octanol–water partition coefficient (Wildman–Crippen LogP) is 3.27. The van der Waals surface area contributed by atoms with Crippen LogP contribution in [0.25, 0.3) is 0 Å². The van der Waals surface area contributed by atoms with Gasteiger partial charge in [0.05, 0.1) is 17.9 Å². The van der Waals surface area contributed by atoms with Crippen LogP contribution in [0.15, 0.2) is 36.4 Å². The molecule has 3 nitrogen and oxygen atoms in total. The van der Waals surface area contributed by atoms with Crippen LogP contribution in [0.1, 0.15) is 10.4 Å². The Kier molecular flexibility index (Phi) is 4.82. The third kappa shape index (κ3) is 4.26. The molecule has 0 saturated carbocycles. The fourth-order valence-corrected chi connectivity index (χ4v) is 2.70. The van der Waals surface area contributed by atoms with E-state index in [0.29, 0.717) is 17.3 Å². The Hall–Kier alpha value is -1.52. The molecule has 1 N–H and O–H groups in total. The first-order valence-corrected chi connectivity index (χ1v) is 7.00. The first-order valence-electron chi connectivity index (χ1n) is 5.81. The van der Waals surface area contributed by atoms with Crippen molar-refractivity contribution in [3.05, 3.63) is 51.2 Å². The molecule has 1 amide bonds. The van der Waals surface area contributed by atoms with E-state index in [4.69, 9.17) is 16.3 Å². The average molecular weight is 296 g/mol. The molecule has 1 aromatic heterocycles. The van der Waals surface area contributed by atoms with E-state index < -0.39 is 0 Å². The molecule has 19 heavy (non-hydrogen) atoms. The number of carbonyl (C=O) groups excluding carboxylic acids is 1. The zero-order chi connectivity index (χ0) is 13.7. The lowest BCUT2D eigenvalue weighted by Crippen LogP contribution is -2.24. The van der Waals surface area contributed by atoms with Gasteiger partial charge in [0.1, 0.15) is 5.75 Å². The molecular weight excluding hydrogens is 282 g/mol. The van der Waals surface area contributed by atoms with E-state index >= 15 is 0 Å². The summed E-state index contributed by atoms with van der Waals surface area (Å²) < 4.78 is 5.78. The van der Waals surface area contributed by atoms with Gasteiger partial charge in [-0.1, -0.05) is 23.7 Å². The number of ether oxygens (including phenoxy) is 1. The van der Waals surface area contributed by atoms with Crippen molar-refractivity contribution in [2.24, 2.45) is 0 Å². The highest BCUT2D eigenvalue weighted by Gasteiger charge is 2.05. The number of amides is 1. The number of methoxy groups -OCH3 is 1. The van der Waals surface area contributed by atoms with Gasteiger partial charge < -0.3 is 10.1 Å². The Morgan fingerprint density at radius 2 is 2.00 bits per heavy atom. The van der Waals surface area contributed by atoms with Crippen molar-refractivity contribution in [2.45, 2.75) is 13.0 Å². The number of hydrogen-bond donors (Lipinski definition) is 1. The first kappa shape index (κ1) is 13.9. The maximum absolute atomic E-state index is 11.7. The Bertz CT molecular complexity index is 551. The van der Waals surface area contributed by atoms with Gasteiger partial charge in [0.15, 0.2) is 0 Å². The summed E-state index contributed by atoms with van der Waals surface area (Å²) in [6, 6.07) is 11.3. The molecule has 0 atom stereocenters. The van der Waals surface area contributed by atoms with E-state index in [2.05, 4.69) is 5.32 Å². The van der Waals surface area contributed by atoms with Crippen LogP contribution in [0.3, 0.4) is 0 Å². The van der Waals surface area contributed by atoms with Gasteiger partial charge >= 0.3 is 0 Å². The zero-order valence-corrected chi connectivity index (χ0v) is 12.1. The fraction of sp³-hybridized carbons (Fsp3) is 0.214. The summed E-state index contributed by atoms with van der Waals surface area (Å²) in [5, 5.41) is 2.88. The second-order valence-electron chi connectivity index (χ2n) is 4.01. The maximum atomic E-state index is 11.7. The van der Waals surface area contributed by atoms with E-state index in [1.165, 1.54) is 11.3 Å². The van der Waals surface area contributed by atoms with Gasteiger partial charge in [-0.05, 0) is 29.8 Å². The van der Waals surface area contributed by atoms with E-state index in [-0.39, 0.29) is 5.91 Å². The van der Waals surface area contributed by atoms with Gasteiger partial charge in [-0.15, -0.1) is 11.3 Å². The lowest BCUT2D eigenvalue weighted by molar-refractivity contribution is -0.120. The first-order chi connectivity index (χ1) is 9.17. The number of rotatable bonds is 5. The van der Waals surface area contributed by atoms with Gasteiger partial charge in [-0.3, -0.25) is 4.79 Å². The second-order valence-corrected chi connectivity index (χ2v) is 5.81. The zero-order valence-electron chi connectivity index (χ0n) is 10.5. The number of thiophene rings is 1. The quantitative estimate of drug-likeness (QED) is 0.919. The van der Waals surface area contributed by atoms with Crippen LogP contribution in [0, 0.1) is 0 Å². The smallest absolute Gasteiger partial charge is 0.225 e. The minimum atomic E-state index is -0.00525. The van der Waals surface area contributed by atoms with Crippen LogP contribution in [0.5, 0.6) is 5.75 Å². The second kappa shape index (κ2) is 6.59. The van der Waals surface area contributed by atoms with Gasteiger partial charge in [-0.2, -0.15) is 0 Å². The highest BCUT2D eigenvalue weighted by molar-refractivity contribution is 7.16. The monoisotopic (exact) mass is 295 g/mol. The van der Waals surface area contributed by atoms with Gasteiger partial charge in [-0.25, -0.2) is 0 Å². The number of benzene rings is 1. The Morgan fingerprint density at radius 1 is 1.26 bits per heavy atom. The molecule has 100 valence electrons. The molecule has 0 radical (unpaired) electrons. The number of halogens is 1. The SMILES string of the molecule is COc1ccc(CNC(=O)Cc2ccc(Cl)s2)cc1. The average Bonchev–Trinajstić information content (AvgIpc) is 2.82. The summed E-state index contributed by atoms with van der Waals surface area (Å²) in [6.45, 7) is 0.516. The number of nitrogens with one attached hydrogen (secondary N) is 1. The highest BCUT2D eigenvalue weighted by atomic mass is 35.5. The molecule has 1 heterocycles. The Balaban J connectivity index is 1.82. The predicted molar refractivity (Wildman–Crippen MR) is 77.9 cm³/mol. The summed E-state index contributed by atoms with van der Waals surface area (Å²) in [5.41, 5.74) is 1.04. The normalized spacial score (nSPS) is 10.2. The summed E-state index contributed by atoms with van der Waals surface area (Å²) in [7, 11) is 1.63. The molecule has 2 rings (SSSR count). The molecule has 5 heteroatoms. The van der Waals surface area contributed by atoms with Gasteiger partial charge in [0, 0.05) is 11.4 Å². The molecule has 0 bridgehead atoms. The van der Waals surface area contributed by atoms with E-state index in [1.54, 1.807) is 13.2 Å². The molecule has 0 unspecified atom stereocenters. The maximum Gasteiger partial charge on any atom is 0.225 e. The summed E-state index contributed by atoms with van der Waals surface area (Å²) in [6.07, 6.45) is 0.369. The molecule has 0 aliphatic rings. The molecule has 0 saturated heterocycles. The van der Waals surface area contributed by atoms with E-state index in [1.807, 2.05) is 30.3 Å². The van der Waals surface area contributed by atoms with Crippen LogP contribution in [-0.2, 0) is 17.8 Å². The Labute approximate surface area is 121 Å². The summed E-state index contributed by atoms with van der Waals surface area (Å²) in [4.78, 5) is 12.7. The number of carbonyl (C=O) groups is 1. The standard InChI is InChI=1S/C14H14ClNO2S/c1-18-11-4-2-10(3-5-11)9-16-14(17)8-12-6-7-13(15)19-12/h2-7H,8-9H2,1H3,(H,16,17). The lowest BCUT2D eigenvalue weighted by atomic mass is 10.2. The van der Waals surface area contributed by atoms with Crippen molar-refractivity contribution >= 4 is 28.8 Å². The minimum Gasteiger partial charge on any atom is -0.497 e. The summed E-state index contributed by atoms with van der Waals surface area (Å²) in [5.74, 6) is 0.803. The topological polar surface area (TPSA) is 38.3 Å². The van der Waals surface area contributed by atoms with Crippen molar-refractivity contribution in [3.63, 3.8) is 0 Å². The molecule has 1 aromatic carbocycles. The molecule has 0 spiro atoms. The molecule has 0 aliphatic carbocycles. The van der Waals surface area contributed by atoms with E-state index in [0.717, 1.165) is 16.2 Å². The van der Waals surface area contributed by atoms with Gasteiger partial charge in [0.25, 0.3) is 0 Å². The van der Waals surface area contributed by atoms with Gasteiger partial charge in [0.2, 0.25) is 5.91 Å². The molecular formula is C14H14ClNO2S. The largest absolute Gasteiger partial charge is 0.497 e. The van der Waals surface area contributed by atoms with Crippen LogP contribution >= 0.6 is 22.9 Å². The molecule has 2 aromatic rings. The fourth-order valence-electron chi connectivity index (χ4n) is 1.61. The van der Waals surface area contributed by atoms with E-state index in [9.17, 15) is 4.79 Å². The third-order valence-corrected chi connectivity index (χ3v) is 3.84. The minimum absolute atomic E-state index is 0.00525. The van der Waals surface area contributed by atoms with Crippen LogP contribution in [0.2, 0.25) is 4.34 Å². The highest BCUT2D eigenvalue weighted by Crippen LogP contribution is 2.21. The van der Waals surface area contributed by atoms with Crippen molar-refractivity contribution < 1.29 is 9.53 Å². The lowest BCUT2D eigenvalue weighted by Gasteiger charge is -2.05. The number of hydrogen-bond acceptors (Lipinski definition) is 3. The van der Waals surface area contributed by atoms with Crippen molar-refractivity contribution in [2.75, 3.05) is 7.11 Å².